The molecule has 2 heterocycles. The summed E-state index contributed by atoms with van der Waals surface area (Å²) in [5.74, 6) is 0.249. The third kappa shape index (κ3) is 5.33. The molecule has 0 spiro atoms. The number of sulfonamides is 1. The molecule has 1 aromatic heterocycles. The third-order valence-electron chi connectivity index (χ3n) is 5.01. The molecule has 0 bridgehead atoms. The maximum Gasteiger partial charge on any atom is 0.242 e. The van der Waals surface area contributed by atoms with Crippen LogP contribution in [0.5, 0.6) is 0 Å². The molecule has 2 aromatic rings. The number of aryl methyl sites for hydroxylation is 1. The normalized spacial score (nSPS) is 15.5. The Hall–Kier alpha value is -2.45. The first kappa shape index (κ1) is 21.3. The monoisotopic (exact) mass is 416 g/mol. The molecule has 1 amide bonds. The van der Waals surface area contributed by atoms with Crippen molar-refractivity contribution in [2.45, 2.75) is 44.6 Å². The molecule has 7 nitrogen and oxygen atoms in total. The number of benzene rings is 1. The standard InChI is InChI=1S/C21H28N4O3S/c1-15(2)20(24-29(27,28)18-9-6-16(3)7-10-18)21(26)23-17-8-11-19(22-14-17)25-12-4-5-13-25/h6-11,14-15,20,24H,4-5,12-13H2,1-3H3,(H,23,26)/t20-/m1/s1. The van der Waals surface area contributed by atoms with Crippen LogP contribution >= 0.6 is 0 Å². The summed E-state index contributed by atoms with van der Waals surface area (Å²) in [4.78, 5) is 19.5. The molecule has 1 aromatic carbocycles. The van der Waals surface area contributed by atoms with Crippen molar-refractivity contribution in [2.24, 2.45) is 5.92 Å². The Morgan fingerprint density at radius 3 is 2.28 bits per heavy atom. The molecule has 1 aliphatic rings. The van der Waals surface area contributed by atoms with E-state index in [1.54, 1.807) is 38.2 Å². The van der Waals surface area contributed by atoms with Gasteiger partial charge in [-0.1, -0.05) is 31.5 Å². The van der Waals surface area contributed by atoms with Crippen molar-refractivity contribution >= 4 is 27.4 Å². The summed E-state index contributed by atoms with van der Waals surface area (Å²) in [6.07, 6.45) is 3.94. The van der Waals surface area contributed by atoms with Crippen LogP contribution in [-0.4, -0.2) is 38.4 Å². The molecule has 0 saturated carbocycles. The van der Waals surface area contributed by atoms with Crippen molar-refractivity contribution in [1.82, 2.24) is 9.71 Å². The van der Waals surface area contributed by atoms with Crippen LogP contribution in [0.1, 0.15) is 32.3 Å². The number of nitrogens with one attached hydrogen (secondary N) is 2. The van der Waals surface area contributed by atoms with Crippen LogP contribution in [0.25, 0.3) is 0 Å². The van der Waals surface area contributed by atoms with Gasteiger partial charge in [-0.15, -0.1) is 0 Å². The first-order chi connectivity index (χ1) is 13.8. The number of hydrogen-bond donors (Lipinski definition) is 2. The summed E-state index contributed by atoms with van der Waals surface area (Å²) in [6, 6.07) is 9.30. The highest BCUT2D eigenvalue weighted by molar-refractivity contribution is 7.89. The van der Waals surface area contributed by atoms with E-state index in [4.69, 9.17) is 0 Å². The van der Waals surface area contributed by atoms with E-state index in [9.17, 15) is 13.2 Å². The Balaban J connectivity index is 1.70. The van der Waals surface area contributed by atoms with Crippen molar-refractivity contribution in [1.29, 1.82) is 0 Å². The minimum absolute atomic E-state index is 0.137. The fourth-order valence-corrected chi connectivity index (χ4v) is 4.60. The number of carbonyl (C=O) groups is 1. The van der Waals surface area contributed by atoms with Gasteiger partial charge in [0.1, 0.15) is 11.9 Å². The van der Waals surface area contributed by atoms with E-state index >= 15 is 0 Å². The minimum Gasteiger partial charge on any atom is -0.357 e. The largest absolute Gasteiger partial charge is 0.357 e. The second kappa shape index (κ2) is 8.92. The van der Waals surface area contributed by atoms with Crippen molar-refractivity contribution in [3.63, 3.8) is 0 Å². The Kier molecular flexibility index (Phi) is 6.54. The van der Waals surface area contributed by atoms with Gasteiger partial charge in [0.25, 0.3) is 0 Å². The Morgan fingerprint density at radius 2 is 1.72 bits per heavy atom. The fraction of sp³-hybridized carbons (Fsp3) is 0.429. The number of pyridine rings is 1. The smallest absolute Gasteiger partial charge is 0.242 e. The van der Waals surface area contributed by atoms with Gasteiger partial charge < -0.3 is 10.2 Å². The van der Waals surface area contributed by atoms with E-state index in [0.29, 0.717) is 5.69 Å². The lowest BCUT2D eigenvalue weighted by Crippen LogP contribution is -2.47. The van der Waals surface area contributed by atoms with Gasteiger partial charge in [0, 0.05) is 13.1 Å². The number of anilines is 2. The molecule has 1 atom stereocenters. The molecular formula is C21H28N4O3S. The average Bonchev–Trinajstić information content (AvgIpc) is 3.21. The van der Waals surface area contributed by atoms with Gasteiger partial charge in [-0.2, -0.15) is 4.72 Å². The van der Waals surface area contributed by atoms with E-state index < -0.39 is 22.0 Å². The van der Waals surface area contributed by atoms with Crippen molar-refractivity contribution < 1.29 is 13.2 Å². The summed E-state index contributed by atoms with van der Waals surface area (Å²) in [5.41, 5.74) is 1.50. The molecule has 1 fully saturated rings. The van der Waals surface area contributed by atoms with Gasteiger partial charge in [0.2, 0.25) is 15.9 Å². The maximum atomic E-state index is 12.8. The van der Waals surface area contributed by atoms with Crippen LogP contribution in [0.4, 0.5) is 11.5 Å². The summed E-state index contributed by atoms with van der Waals surface area (Å²) in [5, 5.41) is 2.78. The quantitative estimate of drug-likeness (QED) is 0.724. The summed E-state index contributed by atoms with van der Waals surface area (Å²) >= 11 is 0. The van der Waals surface area contributed by atoms with E-state index in [1.165, 1.54) is 12.1 Å². The maximum absolute atomic E-state index is 12.8. The van der Waals surface area contributed by atoms with Crippen LogP contribution < -0.4 is 14.9 Å². The predicted octanol–water partition coefficient (Wildman–Crippen LogP) is 2.93. The Labute approximate surface area is 172 Å². The topological polar surface area (TPSA) is 91.4 Å². The zero-order chi connectivity index (χ0) is 21.0. The summed E-state index contributed by atoms with van der Waals surface area (Å²) < 4.78 is 27.9. The van der Waals surface area contributed by atoms with Crippen molar-refractivity contribution in [3.05, 3.63) is 48.2 Å². The van der Waals surface area contributed by atoms with Crippen LogP contribution in [0.15, 0.2) is 47.5 Å². The Bertz CT molecular complexity index is 935. The second-order valence-corrected chi connectivity index (χ2v) is 9.46. The first-order valence-electron chi connectivity index (χ1n) is 9.87. The van der Waals surface area contributed by atoms with Gasteiger partial charge in [0.05, 0.1) is 16.8 Å². The van der Waals surface area contributed by atoms with Gasteiger partial charge >= 0.3 is 0 Å². The zero-order valence-electron chi connectivity index (χ0n) is 17.1. The number of aromatic nitrogens is 1. The molecule has 3 rings (SSSR count). The van der Waals surface area contributed by atoms with Crippen LogP contribution in [-0.2, 0) is 14.8 Å². The molecule has 0 unspecified atom stereocenters. The SMILES string of the molecule is Cc1ccc(S(=O)(=O)N[C@@H](C(=O)Nc2ccc(N3CCCC3)nc2)C(C)C)cc1. The van der Waals surface area contributed by atoms with Crippen LogP contribution in [0, 0.1) is 12.8 Å². The van der Waals surface area contributed by atoms with E-state index in [0.717, 1.165) is 37.3 Å². The number of hydrogen-bond acceptors (Lipinski definition) is 5. The molecule has 156 valence electrons. The molecule has 29 heavy (non-hydrogen) atoms. The third-order valence-corrected chi connectivity index (χ3v) is 6.47. The second-order valence-electron chi connectivity index (χ2n) is 7.74. The summed E-state index contributed by atoms with van der Waals surface area (Å²) in [7, 11) is -3.81. The molecule has 1 aliphatic heterocycles. The van der Waals surface area contributed by atoms with Gasteiger partial charge in [-0.05, 0) is 49.9 Å². The van der Waals surface area contributed by atoms with E-state index in [-0.39, 0.29) is 10.8 Å². The highest BCUT2D eigenvalue weighted by Crippen LogP contribution is 2.20. The first-order valence-corrected chi connectivity index (χ1v) is 11.4. The molecule has 0 aliphatic carbocycles. The molecule has 8 heteroatoms. The average molecular weight is 417 g/mol. The lowest BCUT2D eigenvalue weighted by molar-refractivity contribution is -0.118. The van der Waals surface area contributed by atoms with Crippen LogP contribution in [0.3, 0.4) is 0 Å². The number of amides is 1. The molecular weight excluding hydrogens is 388 g/mol. The van der Waals surface area contributed by atoms with E-state index in [1.807, 2.05) is 13.0 Å². The van der Waals surface area contributed by atoms with Gasteiger partial charge in [0.15, 0.2) is 0 Å². The number of nitrogens with zero attached hydrogens (tertiary/aromatic N) is 2. The molecule has 0 radical (unpaired) electrons. The van der Waals surface area contributed by atoms with Gasteiger partial charge in [-0.3, -0.25) is 4.79 Å². The number of carbonyl (C=O) groups excluding carboxylic acids is 1. The van der Waals surface area contributed by atoms with Gasteiger partial charge in [-0.25, -0.2) is 13.4 Å². The predicted molar refractivity (Wildman–Crippen MR) is 114 cm³/mol. The van der Waals surface area contributed by atoms with Crippen LogP contribution in [0.2, 0.25) is 0 Å². The summed E-state index contributed by atoms with van der Waals surface area (Å²) in [6.45, 7) is 7.48. The molecule has 2 N–H and O–H groups in total. The highest BCUT2D eigenvalue weighted by Gasteiger charge is 2.28. The highest BCUT2D eigenvalue weighted by atomic mass is 32.2. The van der Waals surface area contributed by atoms with Crippen molar-refractivity contribution in [3.8, 4) is 0 Å². The Morgan fingerprint density at radius 1 is 1.07 bits per heavy atom. The minimum atomic E-state index is -3.81. The lowest BCUT2D eigenvalue weighted by atomic mass is 10.1. The zero-order valence-corrected chi connectivity index (χ0v) is 17.9. The molecule has 1 saturated heterocycles. The van der Waals surface area contributed by atoms with E-state index in [2.05, 4.69) is 19.9 Å². The number of rotatable bonds is 7. The van der Waals surface area contributed by atoms with Crippen molar-refractivity contribution in [2.75, 3.05) is 23.3 Å². The lowest BCUT2D eigenvalue weighted by Gasteiger charge is -2.22. The fourth-order valence-electron chi connectivity index (χ4n) is 3.26.